The molecule has 1 aliphatic rings. The van der Waals surface area contributed by atoms with Crippen LogP contribution in [0.2, 0.25) is 0 Å². The van der Waals surface area contributed by atoms with Crippen LogP contribution in [0.4, 0.5) is 0 Å². The summed E-state index contributed by atoms with van der Waals surface area (Å²) in [4.78, 5) is 12.9. The number of aromatic nitrogens is 3. The molecule has 210 valence electrons. The fraction of sp³-hybridized carbons (Fsp3) is 0.345. The third kappa shape index (κ3) is 5.26. The van der Waals surface area contributed by atoms with Gasteiger partial charge in [0, 0.05) is 26.1 Å². The van der Waals surface area contributed by atoms with Gasteiger partial charge in [0.25, 0.3) is 0 Å². The molecule has 0 N–H and O–H groups in total. The van der Waals surface area contributed by atoms with E-state index in [0.717, 1.165) is 27.8 Å². The third-order valence-corrected chi connectivity index (χ3v) is 9.06. The van der Waals surface area contributed by atoms with Gasteiger partial charge in [-0.2, -0.15) is 4.31 Å². The maximum atomic E-state index is 13.6. The standard InChI is InChI=1S/C29H32N4O6S/c1-5-38-28(34)17-23(21-15-24-29(26(16-21)37-4)32(3)31-30-24)20-11-10-19(2)22(14-20)18-33-12-13-39-25-8-6-7-9-27(25)40(33,35)36/h6-11,14-16,23H,5,12-13,17-18H2,1-4H3. The lowest BCUT2D eigenvalue weighted by Crippen LogP contribution is -2.32. The Morgan fingerprint density at radius 1 is 1.12 bits per heavy atom. The van der Waals surface area contributed by atoms with Gasteiger partial charge in [-0.15, -0.1) is 5.10 Å². The number of nitrogens with zero attached hydrogens (tertiary/aromatic N) is 4. The van der Waals surface area contributed by atoms with Crippen LogP contribution in [0.3, 0.4) is 0 Å². The first-order valence-electron chi connectivity index (χ1n) is 13.1. The van der Waals surface area contributed by atoms with E-state index in [1.807, 2.05) is 37.3 Å². The zero-order chi connectivity index (χ0) is 28.4. The second kappa shape index (κ2) is 11.3. The predicted molar refractivity (Wildman–Crippen MR) is 149 cm³/mol. The zero-order valence-electron chi connectivity index (χ0n) is 23.0. The molecule has 0 saturated heterocycles. The second-order valence-corrected chi connectivity index (χ2v) is 11.6. The van der Waals surface area contributed by atoms with Crippen molar-refractivity contribution in [3.8, 4) is 11.5 Å². The molecule has 4 aromatic rings. The number of esters is 1. The first kappa shape index (κ1) is 27.6. The normalized spacial score (nSPS) is 15.6. The maximum Gasteiger partial charge on any atom is 0.306 e. The Morgan fingerprint density at radius 3 is 2.70 bits per heavy atom. The molecule has 1 aromatic heterocycles. The first-order valence-corrected chi connectivity index (χ1v) is 14.5. The monoisotopic (exact) mass is 564 g/mol. The molecule has 5 rings (SSSR count). The number of methoxy groups -OCH3 is 1. The average Bonchev–Trinajstić information content (AvgIpc) is 3.26. The maximum absolute atomic E-state index is 13.6. The fourth-order valence-electron chi connectivity index (χ4n) is 5.08. The van der Waals surface area contributed by atoms with Gasteiger partial charge in [-0.1, -0.05) is 35.5 Å². The Kier molecular flexibility index (Phi) is 7.77. The topological polar surface area (TPSA) is 113 Å². The van der Waals surface area contributed by atoms with E-state index in [1.165, 1.54) is 4.31 Å². The minimum atomic E-state index is -3.78. The first-order chi connectivity index (χ1) is 19.2. The molecular formula is C29H32N4O6S. The van der Waals surface area contributed by atoms with Gasteiger partial charge in [0.15, 0.2) is 0 Å². The Labute approximate surface area is 233 Å². The molecule has 0 radical (unpaired) electrons. The largest absolute Gasteiger partial charge is 0.494 e. The van der Waals surface area contributed by atoms with Crippen molar-refractivity contribution >= 4 is 27.0 Å². The number of carbonyl (C=O) groups excluding carboxylic acids is 1. The summed E-state index contributed by atoms with van der Waals surface area (Å²) in [7, 11) is -0.402. The molecule has 2 heterocycles. The quantitative estimate of drug-likeness (QED) is 0.296. The van der Waals surface area contributed by atoms with Gasteiger partial charge in [0.05, 0.1) is 20.1 Å². The summed E-state index contributed by atoms with van der Waals surface area (Å²) < 4.78 is 46.9. The smallest absolute Gasteiger partial charge is 0.306 e. The number of hydrogen-bond acceptors (Lipinski definition) is 8. The lowest BCUT2D eigenvalue weighted by atomic mass is 9.86. The van der Waals surface area contributed by atoms with Crippen LogP contribution in [0, 0.1) is 6.92 Å². The fourth-order valence-corrected chi connectivity index (χ4v) is 6.61. The summed E-state index contributed by atoms with van der Waals surface area (Å²) in [6.07, 6.45) is 0.0918. The number of ether oxygens (including phenoxy) is 3. The summed E-state index contributed by atoms with van der Waals surface area (Å²) in [5.41, 5.74) is 4.84. The van der Waals surface area contributed by atoms with E-state index >= 15 is 0 Å². The molecule has 0 saturated carbocycles. The van der Waals surface area contributed by atoms with Gasteiger partial charge < -0.3 is 14.2 Å². The van der Waals surface area contributed by atoms with Crippen LogP contribution in [0.25, 0.3) is 11.0 Å². The van der Waals surface area contributed by atoms with E-state index in [2.05, 4.69) is 10.3 Å². The summed E-state index contributed by atoms with van der Waals surface area (Å²) in [6.45, 7) is 4.62. The van der Waals surface area contributed by atoms with E-state index in [9.17, 15) is 13.2 Å². The van der Waals surface area contributed by atoms with E-state index in [0.29, 0.717) is 17.0 Å². The van der Waals surface area contributed by atoms with Gasteiger partial charge in [0.2, 0.25) is 10.0 Å². The molecule has 1 atom stereocenters. The van der Waals surface area contributed by atoms with E-state index in [1.54, 1.807) is 50.0 Å². The average molecular weight is 565 g/mol. The van der Waals surface area contributed by atoms with Crippen LogP contribution in [0.15, 0.2) is 59.5 Å². The van der Waals surface area contributed by atoms with E-state index < -0.39 is 10.0 Å². The van der Waals surface area contributed by atoms with Crippen molar-refractivity contribution in [3.05, 3.63) is 76.9 Å². The minimum Gasteiger partial charge on any atom is -0.494 e. The molecule has 0 spiro atoms. The van der Waals surface area contributed by atoms with Crippen molar-refractivity contribution < 1.29 is 27.4 Å². The summed E-state index contributed by atoms with van der Waals surface area (Å²) in [6, 6.07) is 16.4. The molecule has 0 amide bonds. The molecular weight excluding hydrogens is 532 g/mol. The number of benzene rings is 3. The van der Waals surface area contributed by atoms with Gasteiger partial charge in [-0.3, -0.25) is 4.79 Å². The molecule has 0 fully saturated rings. The second-order valence-electron chi connectivity index (χ2n) is 9.69. The number of para-hydroxylation sites is 1. The third-order valence-electron chi connectivity index (χ3n) is 7.17. The highest BCUT2D eigenvalue weighted by molar-refractivity contribution is 7.89. The lowest BCUT2D eigenvalue weighted by molar-refractivity contribution is -0.143. The van der Waals surface area contributed by atoms with Crippen LogP contribution in [-0.4, -0.2) is 60.6 Å². The summed E-state index contributed by atoms with van der Waals surface area (Å²) in [5, 5.41) is 8.38. The van der Waals surface area contributed by atoms with Crippen molar-refractivity contribution in [1.29, 1.82) is 0 Å². The summed E-state index contributed by atoms with van der Waals surface area (Å²) in [5.74, 6) is 0.231. The molecule has 3 aromatic carbocycles. The number of rotatable bonds is 8. The van der Waals surface area contributed by atoms with Gasteiger partial charge >= 0.3 is 5.97 Å². The van der Waals surface area contributed by atoms with Crippen LogP contribution >= 0.6 is 0 Å². The number of aryl methyl sites for hydroxylation is 2. The number of hydrogen-bond donors (Lipinski definition) is 0. The van der Waals surface area contributed by atoms with Gasteiger partial charge in [-0.05, 0) is 60.4 Å². The Morgan fingerprint density at radius 2 is 1.93 bits per heavy atom. The number of sulfonamides is 1. The molecule has 0 aliphatic carbocycles. The van der Waals surface area contributed by atoms with Gasteiger partial charge in [0.1, 0.15) is 34.0 Å². The Bertz CT molecular complexity index is 1670. The lowest BCUT2D eigenvalue weighted by Gasteiger charge is -2.23. The van der Waals surface area contributed by atoms with Crippen LogP contribution in [-0.2, 0) is 33.1 Å². The molecule has 40 heavy (non-hydrogen) atoms. The number of fused-ring (bicyclic) bond motifs is 2. The Hall–Kier alpha value is -3.96. The molecule has 10 nitrogen and oxygen atoms in total. The van der Waals surface area contributed by atoms with Crippen molar-refractivity contribution in [3.63, 3.8) is 0 Å². The molecule has 1 unspecified atom stereocenters. The summed E-state index contributed by atoms with van der Waals surface area (Å²) >= 11 is 0. The van der Waals surface area contributed by atoms with Crippen molar-refractivity contribution in [2.24, 2.45) is 7.05 Å². The van der Waals surface area contributed by atoms with Crippen molar-refractivity contribution in [1.82, 2.24) is 19.3 Å². The SMILES string of the molecule is CCOC(=O)CC(c1ccc(C)c(CN2CCOc3ccccc3S2(=O)=O)c1)c1cc(OC)c2c(c1)nnn2C. The van der Waals surface area contributed by atoms with Crippen molar-refractivity contribution in [2.45, 2.75) is 37.6 Å². The molecule has 11 heteroatoms. The van der Waals surface area contributed by atoms with Crippen LogP contribution in [0.5, 0.6) is 11.5 Å². The van der Waals surface area contributed by atoms with Crippen LogP contribution in [0.1, 0.15) is 41.5 Å². The van der Waals surface area contributed by atoms with E-state index in [-0.39, 0.29) is 49.5 Å². The molecule has 0 bridgehead atoms. The highest BCUT2D eigenvalue weighted by Gasteiger charge is 2.31. The Balaban J connectivity index is 1.55. The molecule has 1 aliphatic heterocycles. The highest BCUT2D eigenvalue weighted by atomic mass is 32.2. The minimum absolute atomic E-state index is 0.0918. The van der Waals surface area contributed by atoms with Gasteiger partial charge in [-0.25, -0.2) is 13.1 Å². The zero-order valence-corrected chi connectivity index (χ0v) is 23.8. The predicted octanol–water partition coefficient (Wildman–Crippen LogP) is 3.95. The van der Waals surface area contributed by atoms with E-state index in [4.69, 9.17) is 14.2 Å². The van der Waals surface area contributed by atoms with Crippen molar-refractivity contribution in [2.75, 3.05) is 26.9 Å². The highest BCUT2D eigenvalue weighted by Crippen LogP contribution is 2.36. The van der Waals surface area contributed by atoms with Crippen LogP contribution < -0.4 is 9.47 Å². The number of carbonyl (C=O) groups is 1.